The van der Waals surface area contributed by atoms with Crippen LogP contribution in [-0.4, -0.2) is 21.5 Å². The summed E-state index contributed by atoms with van der Waals surface area (Å²) in [5.74, 6) is 0.253. The summed E-state index contributed by atoms with van der Waals surface area (Å²) in [5, 5.41) is 12.6. The third kappa shape index (κ3) is 2.49. The summed E-state index contributed by atoms with van der Waals surface area (Å²) in [5.41, 5.74) is 0.934. The van der Waals surface area contributed by atoms with Crippen LogP contribution in [0.15, 0.2) is 18.5 Å². The van der Waals surface area contributed by atoms with Crippen LogP contribution in [0.25, 0.3) is 11.0 Å². The Bertz CT molecular complexity index is 1090. The number of carbonyl (C=O) groups is 1. The van der Waals surface area contributed by atoms with Crippen molar-refractivity contribution < 1.29 is 13.6 Å². The first-order valence-corrected chi connectivity index (χ1v) is 10.9. The molecule has 6 atom stereocenters. The van der Waals surface area contributed by atoms with Crippen molar-refractivity contribution in [3.05, 3.63) is 30.1 Å². The Hall–Kier alpha value is -2.49. The van der Waals surface area contributed by atoms with Crippen LogP contribution in [0.1, 0.15) is 45.1 Å². The van der Waals surface area contributed by atoms with Crippen molar-refractivity contribution in [1.82, 2.24) is 14.9 Å². The molecule has 1 amide bonds. The average molecular weight is 410 g/mol. The number of carbonyl (C=O) groups excluding carboxylic acids is 1. The van der Waals surface area contributed by atoms with E-state index >= 15 is 0 Å². The van der Waals surface area contributed by atoms with Gasteiger partial charge in [0.1, 0.15) is 0 Å². The number of hydrogen-bond donors (Lipinski definition) is 1. The maximum absolute atomic E-state index is 13.7. The van der Waals surface area contributed by atoms with Crippen LogP contribution in [0, 0.1) is 58.0 Å². The van der Waals surface area contributed by atoms with Gasteiger partial charge in [0.15, 0.2) is 11.6 Å². The fourth-order valence-corrected chi connectivity index (χ4v) is 6.92. The molecule has 156 valence electrons. The smallest absolute Gasteiger partial charge is 0.223 e. The van der Waals surface area contributed by atoms with Gasteiger partial charge in [-0.3, -0.25) is 4.79 Å². The third-order valence-corrected chi connectivity index (χ3v) is 8.54. The normalized spacial score (nSPS) is 39.3. The standard InChI is InChI=1S/C23H24F2N4O/c1-11(22(30)28-19-8-23(9-26)6-12(19)7-23)21-14-2-13(3-15(14)21)29-10-27-18-4-16(24)17(25)5-20(18)29/h4-5,10-15,19,21H,2-3,6-8H2,1H3,(H,28,30)/t11?,12?,13?,14-,15+,19?,21?,23?. The van der Waals surface area contributed by atoms with E-state index in [-0.39, 0.29) is 29.3 Å². The van der Waals surface area contributed by atoms with E-state index in [2.05, 4.69) is 16.4 Å². The van der Waals surface area contributed by atoms with Crippen molar-refractivity contribution in [3.63, 3.8) is 0 Å². The van der Waals surface area contributed by atoms with Crippen molar-refractivity contribution in [3.8, 4) is 6.07 Å². The van der Waals surface area contributed by atoms with E-state index in [4.69, 9.17) is 0 Å². The number of nitrogens with one attached hydrogen (secondary N) is 1. The zero-order valence-electron chi connectivity index (χ0n) is 16.8. The van der Waals surface area contributed by atoms with Gasteiger partial charge in [0.25, 0.3) is 0 Å². The highest BCUT2D eigenvalue weighted by atomic mass is 19.2. The van der Waals surface area contributed by atoms with Gasteiger partial charge in [0.05, 0.1) is 28.8 Å². The Morgan fingerprint density at radius 2 is 1.97 bits per heavy atom. The van der Waals surface area contributed by atoms with Crippen LogP contribution >= 0.6 is 0 Å². The number of nitriles is 1. The Morgan fingerprint density at radius 3 is 2.63 bits per heavy atom. The molecule has 5 fully saturated rings. The molecule has 4 unspecified atom stereocenters. The second-order valence-electron chi connectivity index (χ2n) is 10.1. The SMILES string of the molecule is CC(C(=O)NC1CC2(C#N)CC1C2)C1[C@H]2CC(n3cnc4cc(F)c(F)cc43)C[C@@H]12. The van der Waals surface area contributed by atoms with Crippen molar-refractivity contribution in [2.24, 2.45) is 35.0 Å². The average Bonchev–Trinajstić information content (AvgIpc) is 3.16. The monoisotopic (exact) mass is 410 g/mol. The first-order valence-electron chi connectivity index (χ1n) is 10.9. The second-order valence-corrected chi connectivity index (χ2v) is 10.1. The van der Waals surface area contributed by atoms with E-state index < -0.39 is 11.6 Å². The zero-order chi connectivity index (χ0) is 20.8. The number of imidazole rings is 1. The van der Waals surface area contributed by atoms with Gasteiger partial charge in [0.2, 0.25) is 5.91 Å². The molecule has 0 spiro atoms. The highest BCUT2D eigenvalue weighted by molar-refractivity contribution is 5.80. The number of benzene rings is 1. The van der Waals surface area contributed by atoms with Crippen molar-refractivity contribution in [2.45, 2.75) is 51.1 Å². The Morgan fingerprint density at radius 1 is 1.27 bits per heavy atom. The molecular formula is C23H24F2N4O. The van der Waals surface area contributed by atoms with E-state index in [1.807, 2.05) is 11.5 Å². The number of fused-ring (bicyclic) bond motifs is 3. The largest absolute Gasteiger partial charge is 0.353 e. The predicted molar refractivity (Wildman–Crippen MR) is 105 cm³/mol. The first kappa shape index (κ1) is 18.3. The maximum atomic E-state index is 13.7. The van der Waals surface area contributed by atoms with Gasteiger partial charge in [-0.2, -0.15) is 5.26 Å². The predicted octanol–water partition coefficient (Wildman–Crippen LogP) is 3.96. The molecule has 1 aromatic carbocycles. The van der Waals surface area contributed by atoms with E-state index in [1.165, 1.54) is 6.07 Å². The number of amides is 1. The molecular weight excluding hydrogens is 386 g/mol. The van der Waals surface area contributed by atoms with Crippen molar-refractivity contribution in [1.29, 1.82) is 5.26 Å². The quantitative estimate of drug-likeness (QED) is 0.830. The summed E-state index contributed by atoms with van der Waals surface area (Å²) >= 11 is 0. The highest BCUT2D eigenvalue weighted by Gasteiger charge is 2.61. The van der Waals surface area contributed by atoms with Gasteiger partial charge >= 0.3 is 0 Å². The molecule has 1 heterocycles. The first-order chi connectivity index (χ1) is 14.4. The number of rotatable bonds is 4. The van der Waals surface area contributed by atoms with Gasteiger partial charge in [0, 0.05) is 30.1 Å². The van der Waals surface area contributed by atoms with E-state index in [0.29, 0.717) is 34.7 Å². The summed E-state index contributed by atoms with van der Waals surface area (Å²) in [6, 6.07) is 5.21. The van der Waals surface area contributed by atoms with Crippen LogP contribution in [0.4, 0.5) is 8.78 Å². The van der Waals surface area contributed by atoms with Crippen LogP contribution in [0.3, 0.4) is 0 Å². The molecule has 5 aliphatic rings. The minimum atomic E-state index is -0.873. The molecule has 1 aromatic heterocycles. The fourth-order valence-electron chi connectivity index (χ4n) is 6.92. The lowest BCUT2D eigenvalue weighted by Crippen LogP contribution is -2.40. The van der Waals surface area contributed by atoms with Crippen LogP contribution in [0.5, 0.6) is 0 Å². The Balaban J connectivity index is 1.09. The van der Waals surface area contributed by atoms with Gasteiger partial charge < -0.3 is 9.88 Å². The molecule has 0 aliphatic heterocycles. The third-order valence-electron chi connectivity index (χ3n) is 8.54. The fraction of sp³-hybridized carbons (Fsp3) is 0.609. The number of hydrogen-bond acceptors (Lipinski definition) is 3. The lowest BCUT2D eigenvalue weighted by Gasteiger charge is -2.31. The van der Waals surface area contributed by atoms with Gasteiger partial charge in [-0.05, 0) is 55.8 Å². The number of halogens is 2. The molecule has 7 rings (SSSR count). The Kier molecular flexibility index (Phi) is 3.67. The molecule has 2 aromatic rings. The van der Waals surface area contributed by atoms with Crippen LogP contribution in [-0.2, 0) is 4.79 Å². The molecule has 5 nitrogen and oxygen atoms in total. The molecule has 1 N–H and O–H groups in total. The lowest BCUT2D eigenvalue weighted by atomic mass is 9.71. The minimum Gasteiger partial charge on any atom is -0.353 e. The summed E-state index contributed by atoms with van der Waals surface area (Å²) in [6.45, 7) is 2.03. The lowest BCUT2D eigenvalue weighted by molar-refractivity contribution is -0.126. The molecule has 0 saturated heterocycles. The van der Waals surface area contributed by atoms with Gasteiger partial charge in [-0.15, -0.1) is 0 Å². The zero-order valence-corrected chi connectivity index (χ0v) is 16.8. The molecule has 5 saturated carbocycles. The number of nitrogens with zero attached hydrogens (tertiary/aromatic N) is 3. The van der Waals surface area contributed by atoms with Crippen molar-refractivity contribution >= 4 is 16.9 Å². The molecule has 0 radical (unpaired) electrons. The van der Waals surface area contributed by atoms with Crippen molar-refractivity contribution in [2.75, 3.05) is 0 Å². The van der Waals surface area contributed by atoms with Crippen LogP contribution < -0.4 is 5.32 Å². The van der Waals surface area contributed by atoms with E-state index in [9.17, 15) is 18.8 Å². The maximum Gasteiger partial charge on any atom is 0.223 e. The van der Waals surface area contributed by atoms with Gasteiger partial charge in [-0.1, -0.05) is 6.92 Å². The summed E-state index contributed by atoms with van der Waals surface area (Å²) in [4.78, 5) is 17.1. The minimum absolute atomic E-state index is 0.0251. The molecule has 5 aliphatic carbocycles. The van der Waals surface area contributed by atoms with E-state index in [0.717, 1.165) is 38.2 Å². The van der Waals surface area contributed by atoms with Crippen LogP contribution in [0.2, 0.25) is 0 Å². The molecule has 7 heteroatoms. The number of aromatic nitrogens is 2. The summed E-state index contributed by atoms with van der Waals surface area (Å²) in [6.07, 6.45) is 6.24. The summed E-state index contributed by atoms with van der Waals surface area (Å²) < 4.78 is 29.1. The molecule has 30 heavy (non-hydrogen) atoms. The van der Waals surface area contributed by atoms with E-state index in [1.54, 1.807) is 6.33 Å². The second kappa shape index (κ2) is 6.03. The topological polar surface area (TPSA) is 70.7 Å². The molecule has 2 bridgehead atoms. The van der Waals surface area contributed by atoms with Gasteiger partial charge in [-0.25, -0.2) is 13.8 Å². The summed E-state index contributed by atoms with van der Waals surface area (Å²) in [7, 11) is 0. The Labute approximate surface area is 173 Å². The highest BCUT2D eigenvalue weighted by Crippen LogP contribution is 2.64.